The van der Waals surface area contributed by atoms with E-state index in [1.165, 1.54) is 0 Å². The Labute approximate surface area is 131 Å². The molecular weight excluding hydrogens is 338 g/mol. The van der Waals surface area contributed by atoms with Crippen molar-refractivity contribution in [1.82, 2.24) is 15.5 Å². The highest BCUT2D eigenvalue weighted by Gasteiger charge is 2.09. The van der Waals surface area contributed by atoms with Gasteiger partial charge in [0.05, 0.1) is 11.6 Å². The summed E-state index contributed by atoms with van der Waals surface area (Å²) in [5.74, 6) is 0.823. The molecule has 2 aromatic rings. The summed E-state index contributed by atoms with van der Waals surface area (Å²) < 4.78 is 6.16. The fourth-order valence-electron chi connectivity index (χ4n) is 1.81. The van der Waals surface area contributed by atoms with Gasteiger partial charge in [-0.15, -0.1) is 10.2 Å². The van der Waals surface area contributed by atoms with E-state index >= 15 is 0 Å². The van der Waals surface area contributed by atoms with Gasteiger partial charge in [-0.05, 0) is 53.6 Å². The highest BCUT2D eigenvalue weighted by molar-refractivity contribution is 9.10. The van der Waals surface area contributed by atoms with E-state index in [4.69, 9.17) is 4.74 Å². The smallest absolute Gasteiger partial charge is 0.147 e. The van der Waals surface area contributed by atoms with Gasteiger partial charge in [-0.2, -0.15) is 0 Å². The predicted molar refractivity (Wildman–Crippen MR) is 86.5 cm³/mol. The summed E-state index contributed by atoms with van der Waals surface area (Å²) in [6, 6.07) is 5.96. The van der Waals surface area contributed by atoms with Crippen molar-refractivity contribution in [3.8, 4) is 16.3 Å². The van der Waals surface area contributed by atoms with Crippen LogP contribution in [0.15, 0.2) is 22.7 Å². The minimum atomic E-state index is 0.823. The van der Waals surface area contributed by atoms with Gasteiger partial charge in [-0.25, -0.2) is 0 Å². The van der Waals surface area contributed by atoms with E-state index in [9.17, 15) is 0 Å². The molecule has 20 heavy (non-hydrogen) atoms. The molecule has 0 atom stereocenters. The Bertz CT molecular complexity index is 559. The molecule has 0 saturated carbocycles. The van der Waals surface area contributed by atoms with Crippen molar-refractivity contribution in [2.24, 2.45) is 0 Å². The van der Waals surface area contributed by atoms with Crippen LogP contribution in [0.25, 0.3) is 10.6 Å². The number of hydrogen-bond acceptors (Lipinski definition) is 5. The summed E-state index contributed by atoms with van der Waals surface area (Å²) in [6.45, 7) is 4.16. The number of ether oxygens (including phenoxy) is 1. The van der Waals surface area contributed by atoms with E-state index in [0.717, 1.165) is 51.7 Å². The normalized spacial score (nSPS) is 10.8. The molecule has 4 nitrogen and oxygen atoms in total. The van der Waals surface area contributed by atoms with Crippen LogP contribution in [0.4, 0.5) is 0 Å². The van der Waals surface area contributed by atoms with Gasteiger partial charge >= 0.3 is 0 Å². The summed E-state index contributed by atoms with van der Waals surface area (Å²) in [6.07, 6.45) is 2.07. The Hall–Kier alpha value is -0.980. The van der Waals surface area contributed by atoms with Crippen LogP contribution in [0.1, 0.15) is 18.4 Å². The summed E-state index contributed by atoms with van der Waals surface area (Å²) >= 11 is 5.15. The number of hydrogen-bond donors (Lipinski definition) is 1. The van der Waals surface area contributed by atoms with Gasteiger partial charge in [0, 0.05) is 12.0 Å². The third kappa shape index (κ3) is 4.01. The minimum absolute atomic E-state index is 0.823. The van der Waals surface area contributed by atoms with E-state index in [1.54, 1.807) is 18.4 Å². The zero-order valence-corrected chi connectivity index (χ0v) is 14.1. The monoisotopic (exact) mass is 355 g/mol. The molecule has 1 aromatic heterocycles. The van der Waals surface area contributed by atoms with Crippen molar-refractivity contribution in [3.05, 3.63) is 27.7 Å². The molecule has 0 aliphatic rings. The maximum Gasteiger partial charge on any atom is 0.147 e. The highest BCUT2D eigenvalue weighted by Crippen LogP contribution is 2.31. The summed E-state index contributed by atoms with van der Waals surface area (Å²) in [5, 5.41) is 13.9. The summed E-state index contributed by atoms with van der Waals surface area (Å²) in [7, 11) is 1.66. The van der Waals surface area contributed by atoms with Crippen LogP contribution in [0.5, 0.6) is 5.75 Å². The fourth-order valence-corrected chi connectivity index (χ4v) is 3.23. The number of benzene rings is 1. The third-order valence-electron chi connectivity index (χ3n) is 2.86. The Kier molecular flexibility index (Phi) is 5.94. The first-order chi connectivity index (χ1) is 9.74. The Morgan fingerprint density at radius 2 is 2.20 bits per heavy atom. The second kappa shape index (κ2) is 7.71. The van der Waals surface area contributed by atoms with Crippen molar-refractivity contribution in [3.63, 3.8) is 0 Å². The number of aromatic nitrogens is 2. The minimum Gasteiger partial charge on any atom is -0.496 e. The van der Waals surface area contributed by atoms with E-state index in [2.05, 4.69) is 38.4 Å². The van der Waals surface area contributed by atoms with Gasteiger partial charge in [0.25, 0.3) is 0 Å². The molecule has 0 saturated heterocycles. The Morgan fingerprint density at radius 3 is 2.90 bits per heavy atom. The number of methoxy groups -OCH3 is 1. The maximum atomic E-state index is 5.23. The first kappa shape index (κ1) is 15.4. The molecule has 0 aliphatic heterocycles. The zero-order chi connectivity index (χ0) is 14.4. The lowest BCUT2D eigenvalue weighted by Crippen LogP contribution is -2.14. The molecule has 0 bridgehead atoms. The van der Waals surface area contributed by atoms with Crippen LogP contribution in [-0.4, -0.2) is 30.4 Å². The number of halogens is 1. The van der Waals surface area contributed by atoms with Gasteiger partial charge in [-0.1, -0.05) is 18.3 Å². The van der Waals surface area contributed by atoms with Gasteiger partial charge in [0.15, 0.2) is 0 Å². The van der Waals surface area contributed by atoms with Crippen LogP contribution < -0.4 is 10.1 Å². The van der Waals surface area contributed by atoms with Crippen LogP contribution in [-0.2, 0) is 6.42 Å². The molecule has 0 amide bonds. The zero-order valence-electron chi connectivity index (χ0n) is 11.6. The number of aryl methyl sites for hydroxylation is 1. The van der Waals surface area contributed by atoms with Gasteiger partial charge in [0.2, 0.25) is 0 Å². The average Bonchev–Trinajstić information content (AvgIpc) is 2.92. The Balaban J connectivity index is 2.03. The number of rotatable bonds is 7. The SMILES string of the molecule is CCNCCCc1nnc(-c2ccc(OC)c(Br)c2)s1. The second-order valence-corrected chi connectivity index (χ2v) is 6.22. The van der Waals surface area contributed by atoms with Crippen molar-refractivity contribution >= 4 is 27.3 Å². The molecule has 108 valence electrons. The van der Waals surface area contributed by atoms with Crippen molar-refractivity contribution in [1.29, 1.82) is 0 Å². The van der Waals surface area contributed by atoms with Crippen molar-refractivity contribution in [2.75, 3.05) is 20.2 Å². The molecule has 1 heterocycles. The van der Waals surface area contributed by atoms with E-state index in [0.29, 0.717) is 0 Å². The first-order valence-electron chi connectivity index (χ1n) is 6.61. The number of nitrogens with zero attached hydrogens (tertiary/aromatic N) is 2. The average molecular weight is 356 g/mol. The third-order valence-corrected chi connectivity index (χ3v) is 4.51. The van der Waals surface area contributed by atoms with Gasteiger partial charge in [-0.3, -0.25) is 0 Å². The lowest BCUT2D eigenvalue weighted by atomic mass is 10.2. The van der Waals surface area contributed by atoms with E-state index in [1.807, 2.05) is 18.2 Å². The van der Waals surface area contributed by atoms with Crippen LogP contribution >= 0.6 is 27.3 Å². The molecule has 0 aliphatic carbocycles. The standard InChI is InChI=1S/C14H18BrN3OS/c1-3-16-8-4-5-13-17-18-14(20-13)10-6-7-12(19-2)11(15)9-10/h6-7,9,16H,3-5,8H2,1-2H3. The molecule has 1 aromatic carbocycles. The topological polar surface area (TPSA) is 47.0 Å². The van der Waals surface area contributed by atoms with Gasteiger partial charge in [0.1, 0.15) is 15.8 Å². The maximum absolute atomic E-state index is 5.23. The first-order valence-corrected chi connectivity index (χ1v) is 8.22. The highest BCUT2D eigenvalue weighted by atomic mass is 79.9. The summed E-state index contributed by atoms with van der Waals surface area (Å²) in [5.41, 5.74) is 1.06. The molecule has 2 rings (SSSR count). The largest absolute Gasteiger partial charge is 0.496 e. The molecule has 0 spiro atoms. The Morgan fingerprint density at radius 1 is 1.35 bits per heavy atom. The molecule has 0 unspecified atom stereocenters. The van der Waals surface area contributed by atoms with Gasteiger partial charge < -0.3 is 10.1 Å². The lowest BCUT2D eigenvalue weighted by Gasteiger charge is -2.03. The van der Waals surface area contributed by atoms with E-state index < -0.39 is 0 Å². The van der Waals surface area contributed by atoms with E-state index in [-0.39, 0.29) is 0 Å². The quantitative estimate of drug-likeness (QED) is 0.771. The number of nitrogens with one attached hydrogen (secondary N) is 1. The fraction of sp³-hybridized carbons (Fsp3) is 0.429. The molecule has 1 N–H and O–H groups in total. The molecule has 0 radical (unpaired) electrons. The van der Waals surface area contributed by atoms with Crippen LogP contribution in [0.3, 0.4) is 0 Å². The van der Waals surface area contributed by atoms with Crippen LogP contribution in [0, 0.1) is 0 Å². The lowest BCUT2D eigenvalue weighted by molar-refractivity contribution is 0.412. The van der Waals surface area contributed by atoms with Crippen molar-refractivity contribution in [2.45, 2.75) is 19.8 Å². The second-order valence-electron chi connectivity index (χ2n) is 4.31. The molecule has 6 heteroatoms. The summed E-state index contributed by atoms with van der Waals surface area (Å²) in [4.78, 5) is 0. The molecular formula is C14H18BrN3OS. The van der Waals surface area contributed by atoms with Crippen LogP contribution in [0.2, 0.25) is 0 Å². The molecule has 0 fully saturated rings. The predicted octanol–water partition coefficient (Wildman–Crippen LogP) is 3.52. The van der Waals surface area contributed by atoms with Crippen molar-refractivity contribution < 1.29 is 4.74 Å².